The van der Waals surface area contributed by atoms with Crippen molar-refractivity contribution in [2.45, 2.75) is 12.7 Å². The van der Waals surface area contributed by atoms with Crippen molar-refractivity contribution in [3.63, 3.8) is 0 Å². The first-order valence-corrected chi connectivity index (χ1v) is 8.14. The van der Waals surface area contributed by atoms with Gasteiger partial charge in [0.2, 0.25) is 5.88 Å². The Hall–Kier alpha value is -1.72. The molecule has 21 heavy (non-hydrogen) atoms. The number of rotatable bonds is 5. The molecular weight excluding hydrogens is 306 g/mol. The van der Waals surface area contributed by atoms with Gasteiger partial charge in [0.15, 0.2) is 5.65 Å². The molecule has 4 nitrogen and oxygen atoms in total. The molecule has 1 aromatic carbocycles. The lowest BCUT2D eigenvalue weighted by Crippen LogP contribution is -2.00. The Morgan fingerprint density at radius 2 is 2.05 bits per heavy atom. The van der Waals surface area contributed by atoms with Gasteiger partial charge in [-0.2, -0.15) is 21.4 Å². The van der Waals surface area contributed by atoms with Crippen molar-refractivity contribution in [1.82, 2.24) is 14.6 Å². The Morgan fingerprint density at radius 3 is 2.81 bits per heavy atom. The summed E-state index contributed by atoms with van der Waals surface area (Å²) in [6, 6.07) is 11.1. The van der Waals surface area contributed by atoms with Crippen LogP contribution in [0.4, 0.5) is 0 Å². The third-order valence-electron chi connectivity index (χ3n) is 2.87. The number of fused-ring (bicyclic) bond motifs is 1. The van der Waals surface area contributed by atoms with Gasteiger partial charge in [-0.05, 0) is 30.0 Å². The van der Waals surface area contributed by atoms with Gasteiger partial charge in [-0.15, -0.1) is 0 Å². The van der Waals surface area contributed by atoms with Crippen LogP contribution in [0.15, 0.2) is 42.6 Å². The number of thioether (sulfide) groups is 1. The summed E-state index contributed by atoms with van der Waals surface area (Å²) in [5.41, 5.74) is 1.77. The molecule has 0 bridgehead atoms. The molecule has 0 N–H and O–H groups in total. The molecule has 0 aliphatic heterocycles. The molecule has 6 heteroatoms. The zero-order valence-corrected chi connectivity index (χ0v) is 13.1. The van der Waals surface area contributed by atoms with E-state index in [1.54, 1.807) is 22.8 Å². The molecule has 0 amide bonds. The Balaban J connectivity index is 1.95. The van der Waals surface area contributed by atoms with Gasteiger partial charge >= 0.3 is 0 Å². The van der Waals surface area contributed by atoms with E-state index >= 15 is 0 Å². The molecular formula is C15H14ClN3OS. The summed E-state index contributed by atoms with van der Waals surface area (Å²) in [5.74, 6) is 3.28. The highest BCUT2D eigenvalue weighted by molar-refractivity contribution is 7.98. The van der Waals surface area contributed by atoms with Crippen molar-refractivity contribution in [2.75, 3.05) is 5.75 Å². The number of benzene rings is 1. The van der Waals surface area contributed by atoms with E-state index in [1.165, 1.54) is 0 Å². The van der Waals surface area contributed by atoms with E-state index in [1.807, 2.05) is 36.0 Å². The second-order valence-corrected chi connectivity index (χ2v) is 6.09. The Bertz CT molecular complexity index is 742. The first-order chi connectivity index (χ1) is 10.3. The van der Waals surface area contributed by atoms with E-state index in [2.05, 4.69) is 17.0 Å². The van der Waals surface area contributed by atoms with Gasteiger partial charge in [0, 0.05) is 22.9 Å². The smallest absolute Gasteiger partial charge is 0.224 e. The molecule has 3 aromatic rings. The van der Waals surface area contributed by atoms with Crippen LogP contribution in [0, 0.1) is 0 Å². The molecule has 0 spiro atoms. The van der Waals surface area contributed by atoms with Crippen LogP contribution >= 0.6 is 23.4 Å². The van der Waals surface area contributed by atoms with Gasteiger partial charge in [0.1, 0.15) is 5.75 Å². The Labute approximate surface area is 132 Å². The number of ether oxygens (including phenoxy) is 1. The van der Waals surface area contributed by atoms with Crippen LogP contribution in [0.1, 0.15) is 12.6 Å². The average Bonchev–Trinajstić information content (AvgIpc) is 2.96. The van der Waals surface area contributed by atoms with Crippen LogP contribution in [0.3, 0.4) is 0 Å². The standard InChI is InChI=1S/C15H14ClN3OS/c1-2-21-10-12-9-15(19-14(18-12)7-8-17-19)20-13-5-3-11(16)4-6-13/h3-9H,2,10H2,1H3. The van der Waals surface area contributed by atoms with Crippen molar-refractivity contribution < 1.29 is 4.74 Å². The highest BCUT2D eigenvalue weighted by atomic mass is 35.5. The largest absolute Gasteiger partial charge is 0.439 e. The van der Waals surface area contributed by atoms with E-state index in [0.717, 1.165) is 28.6 Å². The third kappa shape index (κ3) is 3.31. The zero-order chi connectivity index (χ0) is 14.7. The quantitative estimate of drug-likeness (QED) is 0.697. The number of aromatic nitrogens is 3. The van der Waals surface area contributed by atoms with Gasteiger partial charge in [0.25, 0.3) is 0 Å². The molecule has 2 heterocycles. The second-order valence-electron chi connectivity index (χ2n) is 4.38. The van der Waals surface area contributed by atoms with Gasteiger partial charge < -0.3 is 4.74 Å². The lowest BCUT2D eigenvalue weighted by Gasteiger charge is -2.09. The number of nitrogens with zero attached hydrogens (tertiary/aromatic N) is 3. The summed E-state index contributed by atoms with van der Waals surface area (Å²) in [6.07, 6.45) is 1.72. The minimum absolute atomic E-state index is 0.652. The summed E-state index contributed by atoms with van der Waals surface area (Å²) in [4.78, 5) is 4.57. The SMILES string of the molecule is CCSCc1cc(Oc2ccc(Cl)cc2)n2nccc2n1. The third-order valence-corrected chi connectivity index (χ3v) is 4.03. The molecule has 3 rings (SSSR count). The van der Waals surface area contributed by atoms with Crippen LogP contribution in [0.25, 0.3) is 5.65 Å². The van der Waals surface area contributed by atoms with Crippen LogP contribution in [0.2, 0.25) is 5.02 Å². The van der Waals surface area contributed by atoms with Crippen LogP contribution < -0.4 is 4.74 Å². The summed E-state index contributed by atoms with van der Waals surface area (Å²) in [5, 5.41) is 4.93. The number of halogens is 1. The van der Waals surface area contributed by atoms with Gasteiger partial charge in [-0.3, -0.25) is 0 Å². The molecule has 0 fully saturated rings. The number of hydrogen-bond acceptors (Lipinski definition) is 4. The summed E-state index contributed by atoms with van der Waals surface area (Å²) in [7, 11) is 0. The van der Waals surface area contributed by atoms with Crippen molar-refractivity contribution in [3.8, 4) is 11.6 Å². The predicted molar refractivity (Wildman–Crippen MR) is 86.3 cm³/mol. The minimum Gasteiger partial charge on any atom is -0.439 e. The fourth-order valence-corrected chi connectivity index (χ4v) is 2.60. The summed E-state index contributed by atoms with van der Waals surface area (Å²) < 4.78 is 7.61. The molecule has 0 aliphatic carbocycles. The molecule has 0 radical (unpaired) electrons. The van der Waals surface area contributed by atoms with Crippen molar-refractivity contribution in [3.05, 3.63) is 53.3 Å². The molecule has 0 atom stereocenters. The Kier molecular flexibility index (Phi) is 4.31. The lowest BCUT2D eigenvalue weighted by atomic mass is 10.3. The van der Waals surface area contributed by atoms with E-state index in [9.17, 15) is 0 Å². The first-order valence-electron chi connectivity index (χ1n) is 6.61. The predicted octanol–water partition coefficient (Wildman–Crippen LogP) is 4.43. The van der Waals surface area contributed by atoms with Crippen molar-refractivity contribution >= 4 is 29.0 Å². The van der Waals surface area contributed by atoms with Gasteiger partial charge in [-0.1, -0.05) is 18.5 Å². The van der Waals surface area contributed by atoms with Crippen LogP contribution in [-0.4, -0.2) is 20.4 Å². The van der Waals surface area contributed by atoms with Crippen LogP contribution in [-0.2, 0) is 5.75 Å². The van der Waals surface area contributed by atoms with Crippen molar-refractivity contribution in [2.24, 2.45) is 0 Å². The average molecular weight is 320 g/mol. The molecule has 108 valence electrons. The molecule has 0 aliphatic rings. The van der Waals surface area contributed by atoms with E-state index in [0.29, 0.717) is 10.9 Å². The zero-order valence-electron chi connectivity index (χ0n) is 11.5. The monoisotopic (exact) mass is 319 g/mol. The van der Waals surface area contributed by atoms with Crippen molar-refractivity contribution in [1.29, 1.82) is 0 Å². The summed E-state index contributed by atoms with van der Waals surface area (Å²) >= 11 is 7.71. The van der Waals surface area contributed by atoms with Crippen LogP contribution in [0.5, 0.6) is 11.6 Å². The maximum Gasteiger partial charge on any atom is 0.224 e. The van der Waals surface area contributed by atoms with Gasteiger partial charge in [0.05, 0.1) is 11.9 Å². The molecule has 2 aromatic heterocycles. The second kappa shape index (κ2) is 6.37. The molecule has 0 unspecified atom stereocenters. The van der Waals surface area contributed by atoms with E-state index < -0.39 is 0 Å². The number of hydrogen-bond donors (Lipinski definition) is 0. The fourth-order valence-electron chi connectivity index (χ4n) is 1.91. The Morgan fingerprint density at radius 1 is 1.24 bits per heavy atom. The van der Waals surface area contributed by atoms with E-state index in [-0.39, 0.29) is 0 Å². The highest BCUT2D eigenvalue weighted by Gasteiger charge is 2.08. The van der Waals surface area contributed by atoms with E-state index in [4.69, 9.17) is 16.3 Å². The fraction of sp³-hybridized carbons (Fsp3) is 0.200. The topological polar surface area (TPSA) is 39.4 Å². The maximum absolute atomic E-state index is 5.92. The highest BCUT2D eigenvalue weighted by Crippen LogP contribution is 2.25. The molecule has 0 saturated carbocycles. The minimum atomic E-state index is 0.652. The van der Waals surface area contributed by atoms with Gasteiger partial charge in [-0.25, -0.2) is 4.98 Å². The lowest BCUT2D eigenvalue weighted by molar-refractivity contribution is 0.445. The normalized spacial score (nSPS) is 11.0. The summed E-state index contributed by atoms with van der Waals surface area (Å²) in [6.45, 7) is 2.13. The molecule has 0 saturated heterocycles. The first kappa shape index (κ1) is 14.2. The maximum atomic E-state index is 5.92.